The molecule has 0 aliphatic carbocycles. The molecule has 2 aliphatic rings. The van der Waals surface area contributed by atoms with Crippen molar-refractivity contribution in [1.29, 1.82) is 0 Å². The number of piperazine rings is 1. The Balaban J connectivity index is 1.76. The molecule has 2 saturated heterocycles. The van der Waals surface area contributed by atoms with Crippen LogP contribution in [0.15, 0.2) is 22.7 Å². The third-order valence-corrected chi connectivity index (χ3v) is 5.60. The van der Waals surface area contributed by atoms with Crippen LogP contribution in [-0.2, 0) is 0 Å². The number of piperidine rings is 1. The molecule has 0 spiro atoms. The SMILES string of the molecule is O=C(c1cccc(Br)c1Cl)N1CCN2CCCCC2C1. The van der Waals surface area contributed by atoms with Gasteiger partial charge in [-0.2, -0.15) is 0 Å². The first-order chi connectivity index (χ1) is 9.66. The van der Waals surface area contributed by atoms with Crippen LogP contribution in [0.5, 0.6) is 0 Å². The molecule has 0 radical (unpaired) electrons. The number of fused-ring (bicyclic) bond motifs is 1. The fourth-order valence-corrected chi connectivity index (χ4v) is 3.75. The van der Waals surface area contributed by atoms with Gasteiger partial charge in [0, 0.05) is 30.1 Å². The van der Waals surface area contributed by atoms with Crippen LogP contribution in [0.3, 0.4) is 0 Å². The van der Waals surface area contributed by atoms with Crippen molar-refractivity contribution in [3.8, 4) is 0 Å². The fourth-order valence-electron chi connectivity index (χ4n) is 3.18. The molecule has 0 N–H and O–H groups in total. The molecule has 108 valence electrons. The number of hydrogen-bond acceptors (Lipinski definition) is 2. The summed E-state index contributed by atoms with van der Waals surface area (Å²) in [6.07, 6.45) is 3.78. The van der Waals surface area contributed by atoms with Gasteiger partial charge >= 0.3 is 0 Å². The van der Waals surface area contributed by atoms with E-state index in [0.717, 1.165) is 24.1 Å². The minimum absolute atomic E-state index is 0.0570. The van der Waals surface area contributed by atoms with E-state index < -0.39 is 0 Å². The van der Waals surface area contributed by atoms with E-state index in [2.05, 4.69) is 20.8 Å². The highest BCUT2D eigenvalue weighted by Gasteiger charge is 2.31. The molecule has 0 bridgehead atoms. The topological polar surface area (TPSA) is 23.6 Å². The Morgan fingerprint density at radius 2 is 2.10 bits per heavy atom. The van der Waals surface area contributed by atoms with E-state index in [4.69, 9.17) is 11.6 Å². The first-order valence-electron chi connectivity index (χ1n) is 7.14. The number of nitrogens with zero attached hydrogens (tertiary/aromatic N) is 2. The summed E-state index contributed by atoms with van der Waals surface area (Å²) in [4.78, 5) is 17.1. The standard InChI is InChI=1S/C15H18BrClN2O/c16-13-6-3-5-12(14(13)17)15(20)19-9-8-18-7-2-1-4-11(18)10-19/h3,5-6,11H,1-2,4,7-10H2. The largest absolute Gasteiger partial charge is 0.336 e. The smallest absolute Gasteiger partial charge is 0.255 e. The summed E-state index contributed by atoms with van der Waals surface area (Å²) in [5.74, 6) is 0.0570. The van der Waals surface area contributed by atoms with Gasteiger partial charge in [-0.25, -0.2) is 0 Å². The molecular weight excluding hydrogens is 340 g/mol. The molecule has 3 nitrogen and oxygen atoms in total. The predicted molar refractivity (Wildman–Crippen MR) is 84.3 cm³/mol. The van der Waals surface area contributed by atoms with Crippen molar-refractivity contribution in [3.05, 3.63) is 33.3 Å². The Hall–Kier alpha value is -0.580. The Kier molecular flexibility index (Phi) is 4.34. The number of benzene rings is 1. The highest BCUT2D eigenvalue weighted by Crippen LogP contribution is 2.28. The Bertz CT molecular complexity index is 523. The third kappa shape index (κ3) is 2.74. The summed E-state index contributed by atoms with van der Waals surface area (Å²) in [5, 5.41) is 0.517. The van der Waals surface area contributed by atoms with Crippen molar-refractivity contribution in [2.45, 2.75) is 25.3 Å². The number of amides is 1. The first kappa shape index (κ1) is 14.4. The zero-order valence-electron chi connectivity index (χ0n) is 11.3. The molecule has 3 rings (SSSR count). The number of carbonyl (C=O) groups is 1. The molecule has 1 aromatic carbocycles. The molecule has 0 aromatic heterocycles. The van der Waals surface area contributed by atoms with Gasteiger partial charge < -0.3 is 4.90 Å². The zero-order chi connectivity index (χ0) is 14.1. The second-order valence-electron chi connectivity index (χ2n) is 5.54. The van der Waals surface area contributed by atoms with Crippen LogP contribution < -0.4 is 0 Å². The van der Waals surface area contributed by atoms with Gasteiger partial charge in [0.15, 0.2) is 0 Å². The lowest BCUT2D eigenvalue weighted by atomic mass is 9.99. The summed E-state index contributed by atoms with van der Waals surface area (Å²) < 4.78 is 0.779. The number of halogens is 2. The van der Waals surface area contributed by atoms with Crippen molar-refractivity contribution < 1.29 is 4.79 Å². The average Bonchev–Trinajstić information content (AvgIpc) is 2.49. The second kappa shape index (κ2) is 6.04. The second-order valence-corrected chi connectivity index (χ2v) is 6.77. The summed E-state index contributed by atoms with van der Waals surface area (Å²) >= 11 is 9.62. The van der Waals surface area contributed by atoms with Gasteiger partial charge in [-0.1, -0.05) is 24.1 Å². The van der Waals surface area contributed by atoms with Gasteiger partial charge in [0.1, 0.15) is 0 Å². The summed E-state index contributed by atoms with van der Waals surface area (Å²) in [5.41, 5.74) is 0.602. The summed E-state index contributed by atoms with van der Waals surface area (Å²) in [6.45, 7) is 3.81. The van der Waals surface area contributed by atoms with Crippen LogP contribution in [0.2, 0.25) is 5.02 Å². The van der Waals surface area contributed by atoms with Crippen LogP contribution in [0, 0.1) is 0 Å². The number of hydrogen-bond donors (Lipinski definition) is 0. The lowest BCUT2D eigenvalue weighted by Gasteiger charge is -2.44. The Morgan fingerprint density at radius 3 is 2.95 bits per heavy atom. The van der Waals surface area contributed by atoms with E-state index in [0.29, 0.717) is 16.6 Å². The van der Waals surface area contributed by atoms with Crippen molar-refractivity contribution in [3.63, 3.8) is 0 Å². The van der Waals surface area contributed by atoms with Crippen molar-refractivity contribution >= 4 is 33.4 Å². The third-order valence-electron chi connectivity index (χ3n) is 4.31. The fraction of sp³-hybridized carbons (Fsp3) is 0.533. The van der Waals surface area contributed by atoms with E-state index in [1.54, 1.807) is 0 Å². The molecule has 0 saturated carbocycles. The maximum Gasteiger partial charge on any atom is 0.255 e. The molecule has 1 unspecified atom stereocenters. The molecule has 5 heteroatoms. The lowest BCUT2D eigenvalue weighted by Crippen LogP contribution is -2.56. The maximum atomic E-state index is 12.6. The summed E-state index contributed by atoms with van der Waals surface area (Å²) in [7, 11) is 0. The molecule has 1 atom stereocenters. The van der Waals surface area contributed by atoms with Crippen LogP contribution in [0.1, 0.15) is 29.6 Å². The zero-order valence-corrected chi connectivity index (χ0v) is 13.7. The van der Waals surface area contributed by atoms with Crippen LogP contribution in [0.4, 0.5) is 0 Å². The monoisotopic (exact) mass is 356 g/mol. The van der Waals surface area contributed by atoms with Crippen LogP contribution in [0.25, 0.3) is 0 Å². The van der Waals surface area contributed by atoms with E-state index in [1.165, 1.54) is 25.8 Å². The van der Waals surface area contributed by atoms with Crippen molar-refractivity contribution in [2.24, 2.45) is 0 Å². The Morgan fingerprint density at radius 1 is 1.25 bits per heavy atom. The van der Waals surface area contributed by atoms with Crippen LogP contribution >= 0.6 is 27.5 Å². The number of rotatable bonds is 1. The predicted octanol–water partition coefficient (Wildman–Crippen LogP) is 3.41. The summed E-state index contributed by atoms with van der Waals surface area (Å²) in [6, 6.07) is 6.06. The van der Waals surface area contributed by atoms with Gasteiger partial charge in [-0.3, -0.25) is 9.69 Å². The minimum Gasteiger partial charge on any atom is -0.336 e. The van der Waals surface area contributed by atoms with E-state index in [1.807, 2.05) is 23.1 Å². The van der Waals surface area contributed by atoms with Gasteiger partial charge in [0.25, 0.3) is 5.91 Å². The molecule has 1 amide bonds. The molecule has 1 aromatic rings. The quantitative estimate of drug-likeness (QED) is 0.769. The maximum absolute atomic E-state index is 12.6. The van der Waals surface area contributed by atoms with Gasteiger partial charge in [0.05, 0.1) is 10.6 Å². The molecule has 2 aliphatic heterocycles. The van der Waals surface area contributed by atoms with Crippen LogP contribution in [-0.4, -0.2) is 47.9 Å². The highest BCUT2D eigenvalue weighted by atomic mass is 79.9. The highest BCUT2D eigenvalue weighted by molar-refractivity contribution is 9.10. The first-order valence-corrected chi connectivity index (χ1v) is 8.31. The van der Waals surface area contributed by atoms with Gasteiger partial charge in [0.2, 0.25) is 0 Å². The van der Waals surface area contributed by atoms with Crippen molar-refractivity contribution in [2.75, 3.05) is 26.2 Å². The number of carbonyl (C=O) groups excluding carboxylic acids is 1. The molecule has 20 heavy (non-hydrogen) atoms. The lowest BCUT2D eigenvalue weighted by molar-refractivity contribution is 0.0372. The van der Waals surface area contributed by atoms with E-state index in [9.17, 15) is 4.79 Å². The molecule has 2 fully saturated rings. The average molecular weight is 358 g/mol. The minimum atomic E-state index is 0.0570. The van der Waals surface area contributed by atoms with Gasteiger partial charge in [-0.05, 0) is 47.4 Å². The van der Waals surface area contributed by atoms with E-state index >= 15 is 0 Å². The normalized spacial score (nSPS) is 23.5. The van der Waals surface area contributed by atoms with E-state index in [-0.39, 0.29) is 5.91 Å². The Labute approximate surface area is 133 Å². The van der Waals surface area contributed by atoms with Gasteiger partial charge in [-0.15, -0.1) is 0 Å². The molecular formula is C15H18BrClN2O. The van der Waals surface area contributed by atoms with Crippen molar-refractivity contribution in [1.82, 2.24) is 9.80 Å². The molecule has 2 heterocycles.